The second kappa shape index (κ2) is 5.42. The van der Waals surface area contributed by atoms with Crippen molar-refractivity contribution in [1.29, 1.82) is 0 Å². The van der Waals surface area contributed by atoms with Crippen LogP contribution in [-0.4, -0.2) is 17.7 Å². The molecular formula is C15H22O3. The van der Waals surface area contributed by atoms with E-state index in [9.17, 15) is 4.79 Å². The van der Waals surface area contributed by atoms with Crippen LogP contribution in [-0.2, 0) is 10.2 Å². The molecule has 0 aliphatic heterocycles. The molecule has 18 heavy (non-hydrogen) atoms. The van der Waals surface area contributed by atoms with Crippen LogP contribution in [0.25, 0.3) is 0 Å². The predicted octanol–water partition coefficient (Wildman–Crippen LogP) is 3.45. The molecule has 0 aliphatic rings. The summed E-state index contributed by atoms with van der Waals surface area (Å²) in [6.45, 7) is 10.4. The Morgan fingerprint density at radius 1 is 1.33 bits per heavy atom. The Labute approximate surface area is 109 Å². The SMILES string of the molecule is CCOc1c(C(C)(C)CC(=O)O)ccc(C)c1C. The molecular weight excluding hydrogens is 228 g/mol. The molecule has 100 valence electrons. The molecule has 0 saturated heterocycles. The fraction of sp³-hybridized carbons (Fsp3) is 0.533. The first kappa shape index (κ1) is 14.6. The van der Waals surface area contributed by atoms with Crippen molar-refractivity contribution in [2.24, 2.45) is 0 Å². The van der Waals surface area contributed by atoms with Gasteiger partial charge < -0.3 is 9.84 Å². The number of carboxylic acids is 1. The molecule has 0 radical (unpaired) electrons. The van der Waals surface area contributed by atoms with Gasteiger partial charge in [-0.25, -0.2) is 0 Å². The van der Waals surface area contributed by atoms with Crippen molar-refractivity contribution in [3.63, 3.8) is 0 Å². The molecule has 0 fully saturated rings. The highest BCUT2D eigenvalue weighted by Gasteiger charge is 2.28. The minimum absolute atomic E-state index is 0.0928. The van der Waals surface area contributed by atoms with Crippen molar-refractivity contribution >= 4 is 5.97 Å². The summed E-state index contributed by atoms with van der Waals surface area (Å²) in [6, 6.07) is 4.01. The summed E-state index contributed by atoms with van der Waals surface area (Å²) in [6.07, 6.45) is 0.0928. The van der Waals surface area contributed by atoms with Crippen molar-refractivity contribution in [2.75, 3.05) is 6.61 Å². The van der Waals surface area contributed by atoms with Gasteiger partial charge in [-0.15, -0.1) is 0 Å². The first-order valence-corrected chi connectivity index (χ1v) is 6.25. The number of aliphatic carboxylic acids is 1. The molecule has 0 atom stereocenters. The van der Waals surface area contributed by atoms with E-state index in [2.05, 4.69) is 0 Å². The van der Waals surface area contributed by atoms with Gasteiger partial charge in [-0.3, -0.25) is 4.79 Å². The molecule has 0 amide bonds. The van der Waals surface area contributed by atoms with Crippen LogP contribution >= 0.6 is 0 Å². The lowest BCUT2D eigenvalue weighted by Gasteiger charge is -2.27. The third kappa shape index (κ3) is 3.03. The fourth-order valence-electron chi connectivity index (χ4n) is 2.13. The van der Waals surface area contributed by atoms with Crippen LogP contribution in [0, 0.1) is 13.8 Å². The lowest BCUT2D eigenvalue weighted by molar-refractivity contribution is -0.138. The van der Waals surface area contributed by atoms with Gasteiger partial charge in [0.2, 0.25) is 0 Å². The highest BCUT2D eigenvalue weighted by molar-refractivity contribution is 5.69. The van der Waals surface area contributed by atoms with Crippen molar-refractivity contribution in [2.45, 2.75) is 46.5 Å². The number of hydrogen-bond acceptors (Lipinski definition) is 2. The van der Waals surface area contributed by atoms with Crippen LogP contribution in [0.4, 0.5) is 0 Å². The Morgan fingerprint density at radius 2 is 1.94 bits per heavy atom. The number of aryl methyl sites for hydroxylation is 1. The summed E-state index contributed by atoms with van der Waals surface area (Å²) >= 11 is 0. The molecule has 1 rings (SSSR count). The molecule has 0 aromatic heterocycles. The number of carboxylic acid groups (broad SMARTS) is 1. The minimum Gasteiger partial charge on any atom is -0.493 e. The monoisotopic (exact) mass is 250 g/mol. The van der Waals surface area contributed by atoms with Crippen LogP contribution in [0.2, 0.25) is 0 Å². The van der Waals surface area contributed by atoms with E-state index in [1.165, 1.54) is 0 Å². The zero-order chi connectivity index (χ0) is 13.9. The number of ether oxygens (including phenoxy) is 1. The minimum atomic E-state index is -0.791. The Balaban J connectivity index is 3.30. The van der Waals surface area contributed by atoms with Gasteiger partial charge in [0.25, 0.3) is 0 Å². The van der Waals surface area contributed by atoms with Crippen molar-refractivity contribution in [3.05, 3.63) is 28.8 Å². The van der Waals surface area contributed by atoms with Gasteiger partial charge in [0.05, 0.1) is 13.0 Å². The summed E-state index contributed by atoms with van der Waals surface area (Å²) in [5.41, 5.74) is 2.78. The van der Waals surface area contributed by atoms with Gasteiger partial charge in [0, 0.05) is 11.0 Å². The van der Waals surface area contributed by atoms with Crippen LogP contribution in [0.3, 0.4) is 0 Å². The Hall–Kier alpha value is -1.51. The summed E-state index contributed by atoms with van der Waals surface area (Å²) in [4.78, 5) is 11.0. The summed E-state index contributed by atoms with van der Waals surface area (Å²) in [5, 5.41) is 9.01. The zero-order valence-electron chi connectivity index (χ0n) is 11.8. The van der Waals surface area contributed by atoms with E-state index in [0.717, 1.165) is 22.4 Å². The fourth-order valence-corrected chi connectivity index (χ4v) is 2.13. The van der Waals surface area contributed by atoms with E-state index in [-0.39, 0.29) is 6.42 Å². The van der Waals surface area contributed by atoms with Crippen LogP contribution in [0.5, 0.6) is 5.75 Å². The van der Waals surface area contributed by atoms with Crippen molar-refractivity contribution in [3.8, 4) is 5.75 Å². The van der Waals surface area contributed by atoms with E-state index < -0.39 is 11.4 Å². The lowest BCUT2D eigenvalue weighted by atomic mass is 9.79. The molecule has 3 heteroatoms. The van der Waals surface area contributed by atoms with Gasteiger partial charge in [-0.05, 0) is 31.9 Å². The molecule has 1 aromatic carbocycles. The van der Waals surface area contributed by atoms with Gasteiger partial charge in [-0.1, -0.05) is 26.0 Å². The molecule has 1 N–H and O–H groups in total. The number of hydrogen-bond donors (Lipinski definition) is 1. The number of benzene rings is 1. The lowest BCUT2D eigenvalue weighted by Crippen LogP contribution is -2.23. The zero-order valence-corrected chi connectivity index (χ0v) is 11.8. The van der Waals surface area contributed by atoms with Crippen LogP contribution in [0.1, 0.15) is 43.9 Å². The first-order chi connectivity index (χ1) is 8.29. The molecule has 3 nitrogen and oxygen atoms in total. The van der Waals surface area contributed by atoms with Gasteiger partial charge >= 0.3 is 5.97 Å². The molecule has 0 unspecified atom stereocenters. The van der Waals surface area contributed by atoms with E-state index in [1.54, 1.807) is 0 Å². The largest absolute Gasteiger partial charge is 0.493 e. The maximum absolute atomic E-state index is 11.0. The average Bonchev–Trinajstić information content (AvgIpc) is 2.23. The third-order valence-electron chi connectivity index (χ3n) is 3.29. The number of rotatable bonds is 5. The number of carbonyl (C=O) groups is 1. The van der Waals surface area contributed by atoms with Crippen LogP contribution in [0.15, 0.2) is 12.1 Å². The Bertz CT molecular complexity index is 447. The van der Waals surface area contributed by atoms with Gasteiger partial charge in [0.15, 0.2) is 0 Å². The second-order valence-corrected chi connectivity index (χ2v) is 5.27. The summed E-state index contributed by atoms with van der Waals surface area (Å²) in [7, 11) is 0. The highest BCUT2D eigenvalue weighted by atomic mass is 16.5. The Kier molecular flexibility index (Phi) is 4.38. The highest BCUT2D eigenvalue weighted by Crippen LogP contribution is 2.37. The molecule has 0 bridgehead atoms. The topological polar surface area (TPSA) is 46.5 Å². The molecule has 0 heterocycles. The quantitative estimate of drug-likeness (QED) is 0.870. The summed E-state index contributed by atoms with van der Waals surface area (Å²) in [5.74, 6) is 0.0458. The third-order valence-corrected chi connectivity index (χ3v) is 3.29. The molecule has 0 saturated carbocycles. The Morgan fingerprint density at radius 3 is 2.44 bits per heavy atom. The molecule has 1 aromatic rings. The maximum atomic E-state index is 11.0. The predicted molar refractivity (Wildman–Crippen MR) is 72.4 cm³/mol. The van der Waals surface area contributed by atoms with Gasteiger partial charge in [-0.2, -0.15) is 0 Å². The smallest absolute Gasteiger partial charge is 0.304 e. The van der Waals surface area contributed by atoms with E-state index in [1.807, 2.05) is 46.8 Å². The van der Waals surface area contributed by atoms with Gasteiger partial charge in [0.1, 0.15) is 5.75 Å². The van der Waals surface area contributed by atoms with E-state index >= 15 is 0 Å². The molecule has 0 aliphatic carbocycles. The van der Waals surface area contributed by atoms with Crippen molar-refractivity contribution < 1.29 is 14.6 Å². The molecule has 0 spiro atoms. The maximum Gasteiger partial charge on any atom is 0.304 e. The second-order valence-electron chi connectivity index (χ2n) is 5.27. The average molecular weight is 250 g/mol. The summed E-state index contributed by atoms with van der Waals surface area (Å²) < 4.78 is 5.72. The first-order valence-electron chi connectivity index (χ1n) is 6.25. The van der Waals surface area contributed by atoms with E-state index in [0.29, 0.717) is 6.61 Å². The normalized spacial score (nSPS) is 11.4. The van der Waals surface area contributed by atoms with Crippen molar-refractivity contribution in [1.82, 2.24) is 0 Å². The standard InChI is InChI=1S/C15H22O3/c1-6-18-14-11(3)10(2)7-8-12(14)15(4,5)9-13(16)17/h7-8H,6,9H2,1-5H3,(H,16,17). The van der Waals surface area contributed by atoms with E-state index in [4.69, 9.17) is 9.84 Å². The van der Waals surface area contributed by atoms with Crippen LogP contribution < -0.4 is 4.74 Å².